The van der Waals surface area contributed by atoms with Crippen LogP contribution < -0.4 is 10.2 Å². The first-order valence-corrected chi connectivity index (χ1v) is 12.5. The van der Waals surface area contributed by atoms with Gasteiger partial charge in [0.05, 0.1) is 11.8 Å². The van der Waals surface area contributed by atoms with Crippen LogP contribution in [0.1, 0.15) is 48.9 Å². The molecule has 32 heavy (non-hydrogen) atoms. The van der Waals surface area contributed by atoms with Crippen molar-refractivity contribution < 1.29 is 4.79 Å². The topological polar surface area (TPSA) is 63.1 Å². The summed E-state index contributed by atoms with van der Waals surface area (Å²) >= 11 is 7.54. The first-order chi connectivity index (χ1) is 15.7. The van der Waals surface area contributed by atoms with Crippen LogP contribution in [0, 0.1) is 0 Å². The maximum Gasteiger partial charge on any atom is 0.231 e. The van der Waals surface area contributed by atoms with E-state index in [2.05, 4.69) is 25.0 Å². The summed E-state index contributed by atoms with van der Waals surface area (Å²) in [5.74, 6) is 1.23. The Morgan fingerprint density at radius 3 is 2.41 bits per heavy atom. The predicted octanol–water partition coefficient (Wildman–Crippen LogP) is 4.86. The van der Waals surface area contributed by atoms with Gasteiger partial charge in [-0.3, -0.25) is 9.36 Å². The number of hydrogen-bond donors (Lipinski definition) is 1. The van der Waals surface area contributed by atoms with Crippen molar-refractivity contribution in [3.8, 4) is 0 Å². The maximum atomic E-state index is 13.0. The van der Waals surface area contributed by atoms with Gasteiger partial charge in [-0.2, -0.15) is 0 Å². The lowest BCUT2D eigenvalue weighted by molar-refractivity contribution is -0.119. The fourth-order valence-electron chi connectivity index (χ4n) is 4.15. The van der Waals surface area contributed by atoms with Crippen LogP contribution in [0.3, 0.4) is 0 Å². The number of carbonyl (C=O) groups is 1. The summed E-state index contributed by atoms with van der Waals surface area (Å²) in [4.78, 5) is 15.3. The molecule has 1 unspecified atom stereocenters. The SMILES string of the molecule is O=C(CSc1nnc(N2CCCC2)n1C1CC1)NC(c1ccccc1)c1ccc(Cl)cc1. The zero-order chi connectivity index (χ0) is 21.9. The minimum Gasteiger partial charge on any atom is -0.344 e. The van der Waals surface area contributed by atoms with Crippen molar-refractivity contribution in [3.05, 3.63) is 70.7 Å². The molecule has 8 heteroatoms. The summed E-state index contributed by atoms with van der Waals surface area (Å²) in [5.41, 5.74) is 2.03. The quantitative estimate of drug-likeness (QED) is 0.479. The third-order valence-electron chi connectivity index (χ3n) is 5.92. The van der Waals surface area contributed by atoms with Gasteiger partial charge < -0.3 is 10.2 Å². The number of nitrogens with one attached hydrogen (secondary N) is 1. The third kappa shape index (κ3) is 4.79. The Labute approximate surface area is 197 Å². The molecule has 0 radical (unpaired) electrons. The zero-order valence-electron chi connectivity index (χ0n) is 17.8. The molecule has 2 fully saturated rings. The first kappa shape index (κ1) is 21.3. The Bertz CT molecular complexity index is 1060. The summed E-state index contributed by atoms with van der Waals surface area (Å²) in [6.07, 6.45) is 4.72. The number of aromatic nitrogens is 3. The highest BCUT2D eigenvalue weighted by molar-refractivity contribution is 7.99. The smallest absolute Gasteiger partial charge is 0.231 e. The van der Waals surface area contributed by atoms with Gasteiger partial charge in [-0.15, -0.1) is 10.2 Å². The normalized spacial score (nSPS) is 16.8. The monoisotopic (exact) mass is 467 g/mol. The number of carbonyl (C=O) groups excluding carboxylic acids is 1. The number of hydrogen-bond acceptors (Lipinski definition) is 5. The fourth-order valence-corrected chi connectivity index (χ4v) is 5.08. The molecule has 166 valence electrons. The van der Waals surface area contributed by atoms with E-state index in [0.29, 0.717) is 16.8 Å². The Balaban J connectivity index is 1.30. The van der Waals surface area contributed by atoms with Gasteiger partial charge in [0.15, 0.2) is 5.16 Å². The van der Waals surface area contributed by atoms with Crippen molar-refractivity contribution in [2.45, 2.75) is 42.9 Å². The van der Waals surface area contributed by atoms with Gasteiger partial charge in [0, 0.05) is 24.2 Å². The Morgan fingerprint density at radius 2 is 1.72 bits per heavy atom. The van der Waals surface area contributed by atoms with E-state index in [1.807, 2.05) is 54.6 Å². The third-order valence-corrected chi connectivity index (χ3v) is 7.12. The molecule has 2 aromatic carbocycles. The highest BCUT2D eigenvalue weighted by atomic mass is 35.5. The summed E-state index contributed by atoms with van der Waals surface area (Å²) in [7, 11) is 0. The fraction of sp³-hybridized carbons (Fsp3) is 0.375. The lowest BCUT2D eigenvalue weighted by atomic mass is 9.99. The molecule has 1 atom stereocenters. The number of anilines is 1. The van der Waals surface area contributed by atoms with Crippen molar-refractivity contribution in [3.63, 3.8) is 0 Å². The van der Waals surface area contributed by atoms with Crippen LogP contribution in [-0.2, 0) is 4.79 Å². The minimum absolute atomic E-state index is 0.0353. The van der Waals surface area contributed by atoms with E-state index in [-0.39, 0.29) is 11.9 Å². The minimum atomic E-state index is -0.233. The number of rotatable bonds is 8. The van der Waals surface area contributed by atoms with Crippen LogP contribution in [0.15, 0.2) is 59.8 Å². The van der Waals surface area contributed by atoms with E-state index in [1.165, 1.54) is 24.6 Å². The van der Waals surface area contributed by atoms with Crippen molar-refractivity contribution in [2.75, 3.05) is 23.7 Å². The lowest BCUT2D eigenvalue weighted by Crippen LogP contribution is -2.30. The van der Waals surface area contributed by atoms with E-state index in [0.717, 1.165) is 48.2 Å². The van der Waals surface area contributed by atoms with Gasteiger partial charge in [-0.05, 0) is 48.9 Å². The summed E-state index contributed by atoms with van der Waals surface area (Å²) in [5, 5.41) is 13.6. The second-order valence-corrected chi connectivity index (χ2v) is 9.71. The first-order valence-electron chi connectivity index (χ1n) is 11.1. The molecule has 1 aliphatic heterocycles. The molecule has 2 heterocycles. The van der Waals surface area contributed by atoms with E-state index in [9.17, 15) is 4.79 Å². The summed E-state index contributed by atoms with van der Waals surface area (Å²) in [6, 6.07) is 17.9. The standard InChI is InChI=1S/C24H26ClN5OS/c25-19-10-8-18(9-11-19)22(17-6-2-1-3-7-17)26-21(31)16-32-24-28-27-23(29-14-4-5-15-29)30(24)20-12-13-20/h1-3,6-11,20,22H,4-5,12-16H2,(H,26,31). The zero-order valence-corrected chi connectivity index (χ0v) is 19.4. The maximum absolute atomic E-state index is 13.0. The number of nitrogens with zero attached hydrogens (tertiary/aromatic N) is 4. The van der Waals surface area contributed by atoms with Crippen LogP contribution in [0.4, 0.5) is 5.95 Å². The number of benzene rings is 2. The van der Waals surface area contributed by atoms with Gasteiger partial charge in [0.2, 0.25) is 11.9 Å². The molecule has 2 aliphatic rings. The average Bonchev–Trinajstić information content (AvgIpc) is 3.33. The molecule has 1 saturated heterocycles. The lowest BCUT2D eigenvalue weighted by Gasteiger charge is -2.20. The Kier molecular flexibility index (Phi) is 6.37. The van der Waals surface area contributed by atoms with Crippen LogP contribution in [0.25, 0.3) is 0 Å². The van der Waals surface area contributed by atoms with Crippen molar-refractivity contribution in [1.82, 2.24) is 20.1 Å². The summed E-state index contributed by atoms with van der Waals surface area (Å²) < 4.78 is 2.25. The van der Waals surface area contributed by atoms with Crippen LogP contribution >= 0.6 is 23.4 Å². The van der Waals surface area contributed by atoms with E-state index < -0.39 is 0 Å². The van der Waals surface area contributed by atoms with Gasteiger partial charge >= 0.3 is 0 Å². The van der Waals surface area contributed by atoms with E-state index in [4.69, 9.17) is 11.6 Å². The van der Waals surface area contributed by atoms with E-state index >= 15 is 0 Å². The highest BCUT2D eigenvalue weighted by Crippen LogP contribution is 2.41. The van der Waals surface area contributed by atoms with Crippen LogP contribution in [-0.4, -0.2) is 39.5 Å². The number of amides is 1. The number of thioether (sulfide) groups is 1. The van der Waals surface area contributed by atoms with Gasteiger partial charge in [0.1, 0.15) is 0 Å². The molecule has 1 aliphatic carbocycles. The largest absolute Gasteiger partial charge is 0.344 e. The second-order valence-electron chi connectivity index (χ2n) is 8.33. The molecule has 6 nitrogen and oxygen atoms in total. The molecule has 1 N–H and O–H groups in total. The van der Waals surface area contributed by atoms with Crippen LogP contribution in [0.2, 0.25) is 5.02 Å². The molecule has 1 saturated carbocycles. The second kappa shape index (κ2) is 9.55. The van der Waals surface area contributed by atoms with E-state index in [1.54, 1.807) is 0 Å². The Hall–Kier alpha value is -2.51. The molecule has 1 amide bonds. The van der Waals surface area contributed by atoms with Crippen LogP contribution in [0.5, 0.6) is 0 Å². The molecule has 0 spiro atoms. The molecular weight excluding hydrogens is 442 g/mol. The Morgan fingerprint density at radius 1 is 1.03 bits per heavy atom. The molecular formula is C24H26ClN5OS. The molecule has 3 aromatic rings. The molecule has 0 bridgehead atoms. The average molecular weight is 468 g/mol. The van der Waals surface area contributed by atoms with Crippen molar-refractivity contribution in [1.29, 1.82) is 0 Å². The summed E-state index contributed by atoms with van der Waals surface area (Å²) in [6.45, 7) is 2.08. The van der Waals surface area contributed by atoms with Gasteiger partial charge in [-0.1, -0.05) is 65.8 Å². The molecule has 5 rings (SSSR count). The van der Waals surface area contributed by atoms with Gasteiger partial charge in [-0.25, -0.2) is 0 Å². The predicted molar refractivity (Wildman–Crippen MR) is 128 cm³/mol. The number of halogens is 1. The highest BCUT2D eigenvalue weighted by Gasteiger charge is 2.32. The van der Waals surface area contributed by atoms with Crippen molar-refractivity contribution >= 4 is 35.2 Å². The van der Waals surface area contributed by atoms with Gasteiger partial charge in [0.25, 0.3) is 0 Å². The van der Waals surface area contributed by atoms with Crippen molar-refractivity contribution in [2.24, 2.45) is 0 Å². The molecule has 1 aromatic heterocycles.